The highest BCUT2D eigenvalue weighted by atomic mass is 32.2. The smallest absolute Gasteiger partial charge is 0.207 e. The van der Waals surface area contributed by atoms with Crippen LogP contribution in [0.1, 0.15) is 33.6 Å². The van der Waals surface area contributed by atoms with Crippen LogP contribution in [0.5, 0.6) is 0 Å². The van der Waals surface area contributed by atoms with Crippen LogP contribution in [-0.4, -0.2) is 28.6 Å². The van der Waals surface area contributed by atoms with Gasteiger partial charge in [-0.05, 0) is 79.4 Å². The van der Waals surface area contributed by atoms with Crippen LogP contribution < -0.4 is 4.72 Å². The Kier molecular flexibility index (Phi) is 5.12. The zero-order valence-electron chi connectivity index (χ0n) is 16.1. The van der Waals surface area contributed by atoms with Gasteiger partial charge in [-0.2, -0.15) is 4.68 Å². The lowest BCUT2D eigenvalue weighted by molar-refractivity contribution is 0.576. The summed E-state index contributed by atoms with van der Waals surface area (Å²) in [6.45, 7) is 9.58. The highest BCUT2D eigenvalue weighted by molar-refractivity contribution is 7.89. The second-order valence-electron chi connectivity index (χ2n) is 6.83. The largest absolute Gasteiger partial charge is 0.241 e. The molecule has 0 aliphatic rings. The first kappa shape index (κ1) is 19.2. The maximum Gasteiger partial charge on any atom is 0.241 e. The van der Waals surface area contributed by atoms with Crippen molar-refractivity contribution in [1.82, 2.24) is 24.9 Å². The molecule has 1 N–H and O–H groups in total. The molecule has 0 spiro atoms. The molecule has 0 radical (unpaired) electrons. The molecule has 1 heterocycles. The molecule has 0 fully saturated rings. The number of benzene rings is 2. The Bertz CT molecular complexity index is 1080. The molecule has 0 amide bonds. The first-order valence-electron chi connectivity index (χ1n) is 8.61. The normalized spacial score (nSPS) is 11.7. The van der Waals surface area contributed by atoms with Gasteiger partial charge in [0, 0.05) is 0 Å². The molecule has 0 unspecified atom stereocenters. The predicted molar refractivity (Wildman–Crippen MR) is 103 cm³/mol. The van der Waals surface area contributed by atoms with Crippen molar-refractivity contribution in [3.63, 3.8) is 0 Å². The van der Waals surface area contributed by atoms with Crippen LogP contribution in [0.3, 0.4) is 0 Å². The topological polar surface area (TPSA) is 89.8 Å². The SMILES string of the molecule is Cc1cc(C)c(S(=O)(=O)NCc2nnnn2-c2ccc(C)c(C)c2)c(C)c1. The molecule has 0 aliphatic carbocycles. The van der Waals surface area contributed by atoms with E-state index in [0.29, 0.717) is 21.8 Å². The van der Waals surface area contributed by atoms with Gasteiger partial charge in [0.15, 0.2) is 5.82 Å². The molecule has 0 atom stereocenters. The first-order valence-corrected chi connectivity index (χ1v) is 10.1. The lowest BCUT2D eigenvalue weighted by Crippen LogP contribution is -2.26. The van der Waals surface area contributed by atoms with E-state index in [1.165, 1.54) is 5.56 Å². The monoisotopic (exact) mass is 385 g/mol. The molecule has 3 rings (SSSR count). The Hall–Kier alpha value is -2.58. The summed E-state index contributed by atoms with van der Waals surface area (Å²) in [5, 5.41) is 11.7. The fourth-order valence-corrected chi connectivity index (χ4v) is 4.63. The fraction of sp³-hybridized carbons (Fsp3) is 0.316. The summed E-state index contributed by atoms with van der Waals surface area (Å²) >= 11 is 0. The van der Waals surface area contributed by atoms with Crippen molar-refractivity contribution in [2.75, 3.05) is 0 Å². The van der Waals surface area contributed by atoms with Crippen LogP contribution in [0.15, 0.2) is 35.2 Å². The van der Waals surface area contributed by atoms with Crippen LogP contribution in [0, 0.1) is 34.6 Å². The van der Waals surface area contributed by atoms with E-state index in [4.69, 9.17) is 0 Å². The average molecular weight is 385 g/mol. The number of aromatic nitrogens is 4. The molecule has 1 aromatic heterocycles. The number of nitrogens with zero attached hydrogens (tertiary/aromatic N) is 4. The van der Waals surface area contributed by atoms with Gasteiger partial charge < -0.3 is 0 Å². The summed E-state index contributed by atoms with van der Waals surface area (Å²) in [5.74, 6) is 0.421. The van der Waals surface area contributed by atoms with Crippen molar-refractivity contribution in [2.24, 2.45) is 0 Å². The average Bonchev–Trinajstić information content (AvgIpc) is 3.03. The number of hydrogen-bond acceptors (Lipinski definition) is 5. The second-order valence-corrected chi connectivity index (χ2v) is 8.53. The van der Waals surface area contributed by atoms with E-state index >= 15 is 0 Å². The van der Waals surface area contributed by atoms with Gasteiger partial charge in [-0.3, -0.25) is 0 Å². The van der Waals surface area contributed by atoms with Gasteiger partial charge in [0.05, 0.1) is 17.1 Å². The second kappa shape index (κ2) is 7.21. The maximum atomic E-state index is 12.8. The summed E-state index contributed by atoms with van der Waals surface area (Å²) in [7, 11) is -3.69. The minimum Gasteiger partial charge on any atom is -0.207 e. The Balaban J connectivity index is 1.88. The quantitative estimate of drug-likeness (QED) is 0.729. The summed E-state index contributed by atoms with van der Waals surface area (Å²) in [4.78, 5) is 0.304. The molecule has 7 nitrogen and oxygen atoms in total. The van der Waals surface area contributed by atoms with Crippen LogP contribution in [-0.2, 0) is 16.6 Å². The molecule has 142 valence electrons. The van der Waals surface area contributed by atoms with Crippen molar-refractivity contribution in [3.05, 3.63) is 64.0 Å². The molecule has 8 heteroatoms. The molecule has 3 aromatic rings. The molecular weight excluding hydrogens is 362 g/mol. The maximum absolute atomic E-state index is 12.8. The van der Waals surface area contributed by atoms with Crippen LogP contribution in [0.25, 0.3) is 5.69 Å². The molecule has 2 aromatic carbocycles. The molecule has 0 bridgehead atoms. The zero-order chi connectivity index (χ0) is 19.8. The zero-order valence-corrected chi connectivity index (χ0v) is 16.9. The Morgan fingerprint density at radius 3 is 2.22 bits per heavy atom. The summed E-state index contributed by atoms with van der Waals surface area (Å²) in [6, 6.07) is 9.59. The van der Waals surface area contributed by atoms with Crippen molar-refractivity contribution in [2.45, 2.75) is 46.1 Å². The van der Waals surface area contributed by atoms with Crippen molar-refractivity contribution < 1.29 is 8.42 Å². The minimum atomic E-state index is -3.69. The van der Waals surface area contributed by atoms with E-state index in [0.717, 1.165) is 16.8 Å². The van der Waals surface area contributed by atoms with E-state index in [9.17, 15) is 8.42 Å². The highest BCUT2D eigenvalue weighted by Crippen LogP contribution is 2.22. The predicted octanol–water partition coefficient (Wildman–Crippen LogP) is 2.68. The number of nitrogens with one attached hydrogen (secondary N) is 1. The molecule has 0 aliphatic heterocycles. The number of rotatable bonds is 5. The molecule has 27 heavy (non-hydrogen) atoms. The third-order valence-electron chi connectivity index (χ3n) is 4.56. The molecular formula is C19H23N5O2S. The van der Waals surface area contributed by atoms with Crippen molar-refractivity contribution >= 4 is 10.0 Å². The van der Waals surface area contributed by atoms with Crippen LogP contribution in [0.2, 0.25) is 0 Å². The van der Waals surface area contributed by atoms with Gasteiger partial charge in [-0.1, -0.05) is 23.8 Å². The Morgan fingerprint density at radius 1 is 0.926 bits per heavy atom. The number of tetrazole rings is 1. The lowest BCUT2D eigenvalue weighted by atomic mass is 10.1. The van der Waals surface area contributed by atoms with Crippen LogP contribution >= 0.6 is 0 Å². The third kappa shape index (κ3) is 3.91. The van der Waals surface area contributed by atoms with Gasteiger partial charge in [-0.15, -0.1) is 5.10 Å². The number of hydrogen-bond donors (Lipinski definition) is 1. The van der Waals surface area contributed by atoms with E-state index in [1.54, 1.807) is 18.5 Å². The van der Waals surface area contributed by atoms with Crippen LogP contribution in [0.4, 0.5) is 0 Å². The molecule has 0 saturated heterocycles. The summed E-state index contributed by atoms with van der Waals surface area (Å²) in [6.07, 6.45) is 0. The van der Waals surface area contributed by atoms with Gasteiger partial charge in [-0.25, -0.2) is 13.1 Å². The van der Waals surface area contributed by atoms with E-state index in [-0.39, 0.29) is 6.54 Å². The van der Waals surface area contributed by atoms with E-state index in [1.807, 2.05) is 51.1 Å². The third-order valence-corrected chi connectivity index (χ3v) is 6.27. The van der Waals surface area contributed by atoms with Gasteiger partial charge in [0.1, 0.15) is 0 Å². The standard InChI is InChI=1S/C19H23N5O2S/c1-12-8-15(4)19(16(5)9-12)27(25,26)20-11-18-21-22-23-24(18)17-7-6-13(2)14(3)10-17/h6-10,20H,11H2,1-5H3. The number of aryl methyl sites for hydroxylation is 5. The minimum absolute atomic E-state index is 0.00495. The van der Waals surface area contributed by atoms with Crippen molar-refractivity contribution in [1.29, 1.82) is 0 Å². The lowest BCUT2D eigenvalue weighted by Gasteiger charge is -2.13. The van der Waals surface area contributed by atoms with Gasteiger partial charge in [0.25, 0.3) is 0 Å². The highest BCUT2D eigenvalue weighted by Gasteiger charge is 2.21. The van der Waals surface area contributed by atoms with Gasteiger partial charge in [0.2, 0.25) is 10.0 Å². The fourth-order valence-electron chi connectivity index (χ4n) is 3.20. The molecule has 0 saturated carbocycles. The number of sulfonamides is 1. The van der Waals surface area contributed by atoms with E-state index < -0.39 is 10.0 Å². The summed E-state index contributed by atoms with van der Waals surface area (Å²) < 4.78 is 29.8. The first-order chi connectivity index (χ1) is 12.7. The Morgan fingerprint density at radius 2 is 1.59 bits per heavy atom. The van der Waals surface area contributed by atoms with Crippen molar-refractivity contribution in [3.8, 4) is 5.69 Å². The van der Waals surface area contributed by atoms with E-state index in [2.05, 4.69) is 20.2 Å². The Labute approximate surface area is 159 Å². The summed E-state index contributed by atoms with van der Waals surface area (Å²) in [5.41, 5.74) is 5.53. The van der Waals surface area contributed by atoms with Gasteiger partial charge >= 0.3 is 0 Å².